The van der Waals surface area contributed by atoms with E-state index in [9.17, 15) is 96.7 Å². The highest BCUT2D eigenvalue weighted by Crippen LogP contribution is 2.24. The molecule has 34 nitrogen and oxygen atoms in total. The molecule has 0 bridgehead atoms. The number of nitrogens with one attached hydrogen (secondary N) is 13. The van der Waals surface area contributed by atoms with Crippen LogP contribution in [-0.2, 0) is 84.8 Å². The Bertz CT molecular complexity index is 3440. The van der Waals surface area contributed by atoms with Gasteiger partial charge < -0.3 is 101 Å². The number of H-pyrrole nitrogens is 1. The first kappa shape index (κ1) is 85.9. The lowest BCUT2D eigenvalue weighted by Gasteiger charge is -2.34. The number of carbonyl (C=O) groups is 15. The number of carboxylic acid groups (broad SMARTS) is 1. The highest BCUT2D eigenvalue weighted by Gasteiger charge is 2.41. The summed E-state index contributed by atoms with van der Waals surface area (Å²) >= 11 is 0. The Kier molecular flexibility index (Phi) is 34.9. The van der Waals surface area contributed by atoms with E-state index in [1.807, 2.05) is 0 Å². The number of hydrogen-bond acceptors (Lipinski definition) is 18. The molecular formula is C67H100FN15O19. The monoisotopic (exact) mass is 1440 g/mol. The van der Waals surface area contributed by atoms with Gasteiger partial charge in [-0.2, -0.15) is 0 Å². The number of halogens is 1. The largest absolute Gasteiger partial charge is 0.508 e. The Morgan fingerprint density at radius 1 is 0.588 bits per heavy atom. The van der Waals surface area contributed by atoms with Crippen LogP contribution in [0.3, 0.4) is 0 Å². The molecule has 14 amide bonds. The van der Waals surface area contributed by atoms with Gasteiger partial charge in [0.1, 0.15) is 77.0 Å². The summed E-state index contributed by atoms with van der Waals surface area (Å²) in [6, 6.07) is -3.61. The summed E-state index contributed by atoms with van der Waals surface area (Å²) in [5.41, 5.74) is 8.47. The Labute approximate surface area is 589 Å². The van der Waals surface area contributed by atoms with Crippen molar-refractivity contribution < 1.29 is 96.7 Å². The van der Waals surface area contributed by atoms with Crippen LogP contribution in [0.1, 0.15) is 150 Å². The Morgan fingerprint density at radius 3 is 1.65 bits per heavy atom. The van der Waals surface area contributed by atoms with Gasteiger partial charge in [-0.05, 0) is 114 Å². The quantitative estimate of drug-likeness (QED) is 0.0205. The fourth-order valence-electron chi connectivity index (χ4n) is 10.9. The van der Waals surface area contributed by atoms with Crippen LogP contribution in [0.25, 0.3) is 10.9 Å². The third-order valence-electron chi connectivity index (χ3n) is 16.8. The Hall–Kier alpha value is -10.3. The number of likely N-dealkylation sites (N-methyl/N-ethyl adjacent to an activating group) is 1. The first-order valence-electron chi connectivity index (χ1n) is 33.5. The number of phenols is 1. The molecule has 1 aromatic heterocycles. The van der Waals surface area contributed by atoms with Gasteiger partial charge in [0.05, 0.1) is 12.7 Å². The fraction of sp³-hybridized carbons (Fsp3) is 0.567. The van der Waals surface area contributed by atoms with E-state index in [0.29, 0.717) is 54.1 Å². The van der Waals surface area contributed by atoms with Crippen molar-refractivity contribution in [3.05, 3.63) is 65.6 Å². The molecule has 102 heavy (non-hydrogen) atoms. The first-order chi connectivity index (χ1) is 47.9. The average molecular weight is 1440 g/mol. The molecule has 0 spiro atoms. The van der Waals surface area contributed by atoms with Crippen molar-refractivity contribution in [3.63, 3.8) is 0 Å². The molecule has 0 aliphatic heterocycles. The normalized spacial score (nSPS) is 15.3. The van der Waals surface area contributed by atoms with Crippen LogP contribution in [0.2, 0.25) is 0 Å². The fourth-order valence-corrected chi connectivity index (χ4v) is 10.9. The van der Waals surface area contributed by atoms with Crippen LogP contribution in [0.15, 0.2) is 48.7 Å². The van der Waals surface area contributed by atoms with Crippen LogP contribution in [0.5, 0.6) is 5.75 Å². The number of aromatic amines is 1. The van der Waals surface area contributed by atoms with Gasteiger partial charge in [-0.25, -0.2) is 4.39 Å². The third-order valence-corrected chi connectivity index (χ3v) is 16.8. The lowest BCUT2D eigenvalue weighted by Crippen LogP contribution is -2.64. The van der Waals surface area contributed by atoms with E-state index in [0.717, 1.165) is 6.92 Å². The van der Waals surface area contributed by atoms with Crippen molar-refractivity contribution in [1.82, 2.24) is 68.8 Å². The summed E-state index contributed by atoms with van der Waals surface area (Å²) in [6.07, 6.45) is 0.429. The lowest BCUT2D eigenvalue weighted by atomic mass is 9.90. The van der Waals surface area contributed by atoms with Gasteiger partial charge in [-0.15, -0.1) is 0 Å². The minimum atomic E-state index is -1.89. The molecule has 0 fully saturated rings. The van der Waals surface area contributed by atoms with E-state index in [4.69, 9.17) is 11.5 Å². The second-order valence-electron chi connectivity index (χ2n) is 26.1. The molecule has 12 atom stereocenters. The summed E-state index contributed by atoms with van der Waals surface area (Å²) < 4.78 is 14.3. The maximum Gasteiger partial charge on any atom is 0.303 e. The summed E-state index contributed by atoms with van der Waals surface area (Å²) in [5, 5.41) is 69.7. The highest BCUT2D eigenvalue weighted by atomic mass is 19.1. The predicted molar refractivity (Wildman–Crippen MR) is 366 cm³/mol. The summed E-state index contributed by atoms with van der Waals surface area (Å²) in [5.74, 6) is -13.7. The standard InChI is InChI=1S/C67H100FN15O19/c1-35(2)28-48(60(97)80-51(33-84)55(70)92)81-65(102)67(8,83-62(99)46(22-24-52(69)89)77-58(95)45(73-34-85)23-25-53(90)91)27-15-13-11-10-12-14-26-66(7,64(101)71-9)82-57(94)37(4)74-59(96)49(29-40-16-19-43(88)20-17-40)79-61(98)50(30-41-32-72-47-31-42(68)18-21-44(41)47)78-56(93)36(3)75-63(100)54(38(5)86)76-39(6)87/h16-21,31-32,34-38,45-46,48-51,54,72,84,86,88H,10-15,22-30,33H2,1-9H3,(H2,69,89)(H2,70,92)(H,71,101)(H,73,85)(H,74,96)(H,75,100)(H,76,87)(H,77,95)(H,78,93)(H,79,98)(H,80,97)(H,81,102)(H,82,94)(H,83,99)(H,90,91)/t36-,37-,38+,45-,46-,48-,49-,50-,51-,54-,66?,67?/m1/s1. The van der Waals surface area contributed by atoms with Crippen molar-refractivity contribution in [2.24, 2.45) is 17.4 Å². The number of aromatic hydroxyl groups is 1. The van der Waals surface area contributed by atoms with Gasteiger partial charge in [0.15, 0.2) is 0 Å². The molecule has 0 aliphatic carbocycles. The Balaban J connectivity index is 1.84. The number of aromatic nitrogens is 1. The number of unbranched alkanes of at least 4 members (excludes halogenated alkanes) is 5. The van der Waals surface area contributed by atoms with E-state index in [1.165, 1.54) is 90.3 Å². The summed E-state index contributed by atoms with van der Waals surface area (Å²) in [7, 11) is 1.36. The van der Waals surface area contributed by atoms with Crippen molar-refractivity contribution in [2.45, 2.75) is 223 Å². The smallest absolute Gasteiger partial charge is 0.303 e. The van der Waals surface area contributed by atoms with Crippen LogP contribution in [0.4, 0.5) is 4.39 Å². The minimum Gasteiger partial charge on any atom is -0.508 e. The zero-order valence-electron chi connectivity index (χ0n) is 58.8. The molecule has 0 saturated heterocycles. The van der Waals surface area contributed by atoms with E-state index in [-0.39, 0.29) is 63.0 Å². The number of rotatable bonds is 46. The summed E-state index contributed by atoms with van der Waals surface area (Å²) in [6.45, 7) is 10.4. The molecule has 1 heterocycles. The molecule has 2 aromatic carbocycles. The number of carboxylic acids is 1. The van der Waals surface area contributed by atoms with Gasteiger partial charge in [-0.1, -0.05) is 64.5 Å². The second kappa shape index (κ2) is 41.4. The van der Waals surface area contributed by atoms with E-state index in [2.05, 4.69) is 68.8 Å². The number of aliphatic hydroxyl groups is 2. The molecule has 35 heteroatoms. The number of hydrogen-bond donors (Lipinski definition) is 19. The number of primary amides is 2. The van der Waals surface area contributed by atoms with Gasteiger partial charge in [-0.3, -0.25) is 71.9 Å². The predicted octanol–water partition coefficient (Wildman–Crippen LogP) is -2.50. The van der Waals surface area contributed by atoms with Crippen molar-refractivity contribution in [2.75, 3.05) is 13.7 Å². The van der Waals surface area contributed by atoms with Gasteiger partial charge >= 0.3 is 5.97 Å². The molecule has 3 aromatic rings. The van der Waals surface area contributed by atoms with Crippen LogP contribution in [-0.4, -0.2) is 200 Å². The number of fused-ring (bicyclic) bond motifs is 1. The second-order valence-corrected chi connectivity index (χ2v) is 26.1. The summed E-state index contributed by atoms with van der Waals surface area (Å²) in [4.78, 5) is 201. The van der Waals surface area contributed by atoms with Crippen LogP contribution in [0, 0.1) is 11.7 Å². The highest BCUT2D eigenvalue weighted by molar-refractivity contribution is 6.00. The van der Waals surface area contributed by atoms with Crippen molar-refractivity contribution in [3.8, 4) is 5.75 Å². The maximum absolute atomic E-state index is 14.6. The molecule has 564 valence electrons. The Morgan fingerprint density at radius 2 is 1.10 bits per heavy atom. The van der Waals surface area contributed by atoms with Gasteiger partial charge in [0.25, 0.3) is 0 Å². The van der Waals surface area contributed by atoms with Crippen LogP contribution >= 0.6 is 0 Å². The molecule has 21 N–H and O–H groups in total. The number of aliphatic carboxylic acids is 1. The van der Waals surface area contributed by atoms with Crippen LogP contribution < -0.4 is 75.3 Å². The number of nitrogens with two attached hydrogens (primary N) is 2. The molecular weight excluding hydrogens is 1340 g/mol. The molecule has 0 radical (unpaired) electrons. The minimum absolute atomic E-state index is 0.00109. The third kappa shape index (κ3) is 28.4. The number of benzene rings is 2. The van der Waals surface area contributed by atoms with Gasteiger partial charge in [0, 0.05) is 56.8 Å². The van der Waals surface area contributed by atoms with Gasteiger partial charge in [0.2, 0.25) is 83.2 Å². The van der Waals surface area contributed by atoms with Crippen molar-refractivity contribution >= 4 is 100 Å². The van der Waals surface area contributed by atoms with E-state index >= 15 is 0 Å². The van der Waals surface area contributed by atoms with E-state index in [1.54, 1.807) is 13.8 Å². The first-order valence-corrected chi connectivity index (χ1v) is 33.5. The lowest BCUT2D eigenvalue weighted by molar-refractivity contribution is -0.139. The van der Waals surface area contributed by atoms with Crippen molar-refractivity contribution in [1.29, 1.82) is 0 Å². The molecule has 3 rings (SSSR count). The number of carbonyl (C=O) groups excluding carboxylic acids is 14. The SMILES string of the molecule is CNC(=O)C(C)(CCCCCCCCC(C)(NC(=O)[C@@H](CCC(N)=O)NC(=O)[C@@H](CCC(=O)O)NC=O)C(=O)N[C@H](CC(C)C)C(=O)N[C@H](CO)C(N)=O)NC(=O)[C@@H](C)NC(=O)[C@@H](Cc1ccc(O)cc1)NC(=O)[C@@H](Cc1c[nH]c2cc(F)ccc12)NC(=O)[C@@H](C)NC(=O)[C@H](NC(C)=O)[C@H](C)O. The zero-order chi connectivity index (χ0) is 76.8. The maximum atomic E-state index is 14.6. The zero-order valence-corrected chi connectivity index (χ0v) is 58.8. The molecule has 2 unspecified atom stereocenters. The number of phenolic OH excluding ortho intramolecular Hbond substituents is 1. The molecule has 0 saturated carbocycles. The number of aliphatic hydroxyl groups excluding tert-OH is 2. The number of amides is 14. The molecule has 0 aliphatic rings. The topological polar surface area (TPSA) is 549 Å². The van der Waals surface area contributed by atoms with E-state index < -0.39 is 186 Å². The average Bonchev–Trinajstić information content (AvgIpc) is 1.55.